The molecule has 1 aliphatic rings. The van der Waals surface area contributed by atoms with Crippen LogP contribution in [-0.2, 0) is 11.2 Å². The molecule has 35 heavy (non-hydrogen) atoms. The standard InChI is InChI=1S/C29H30N2O3S/c30-28(32)20-34-24-11-7-21(8-12-24)19-26-25-5-1-2-6-27(25)35-29(26)22-9-13-23(14-10-22)33-18-17-31-15-3-4-16-31/h1-2,5-14H,3-4,15-20H2,(H2,30,32). The molecule has 1 amide bonds. The quantitative estimate of drug-likeness (QED) is 0.322. The maximum absolute atomic E-state index is 11.0. The fourth-order valence-electron chi connectivity index (χ4n) is 4.57. The Labute approximate surface area is 210 Å². The molecule has 0 unspecified atom stereocenters. The summed E-state index contributed by atoms with van der Waals surface area (Å²) in [7, 11) is 0. The lowest BCUT2D eigenvalue weighted by atomic mass is 9.99. The topological polar surface area (TPSA) is 64.8 Å². The summed E-state index contributed by atoms with van der Waals surface area (Å²) in [5.74, 6) is 1.08. The first-order chi connectivity index (χ1) is 17.2. The number of nitrogens with zero attached hydrogens (tertiary/aromatic N) is 1. The first-order valence-electron chi connectivity index (χ1n) is 12.1. The average molecular weight is 487 g/mol. The van der Waals surface area contributed by atoms with Crippen LogP contribution < -0.4 is 15.2 Å². The molecule has 5 rings (SSSR count). The van der Waals surface area contributed by atoms with Gasteiger partial charge in [-0.15, -0.1) is 11.3 Å². The highest BCUT2D eigenvalue weighted by Gasteiger charge is 2.15. The van der Waals surface area contributed by atoms with Crippen LogP contribution in [0.15, 0.2) is 72.8 Å². The number of hydrogen-bond donors (Lipinski definition) is 1. The lowest BCUT2D eigenvalue weighted by Gasteiger charge is -2.15. The van der Waals surface area contributed by atoms with Crippen molar-refractivity contribution < 1.29 is 14.3 Å². The maximum Gasteiger partial charge on any atom is 0.255 e. The Balaban J connectivity index is 1.33. The molecule has 0 saturated carbocycles. The summed E-state index contributed by atoms with van der Waals surface area (Å²) in [5, 5.41) is 1.28. The van der Waals surface area contributed by atoms with Gasteiger partial charge in [-0.3, -0.25) is 9.69 Å². The number of benzene rings is 3. The van der Waals surface area contributed by atoms with Crippen LogP contribution in [0.4, 0.5) is 0 Å². The Morgan fingerprint density at radius 2 is 1.57 bits per heavy atom. The summed E-state index contributed by atoms with van der Waals surface area (Å²) in [6.07, 6.45) is 3.42. The Kier molecular flexibility index (Phi) is 7.31. The number of likely N-dealkylation sites (tertiary alicyclic amines) is 1. The molecule has 0 aliphatic carbocycles. The van der Waals surface area contributed by atoms with Crippen molar-refractivity contribution in [1.82, 2.24) is 4.90 Å². The van der Waals surface area contributed by atoms with Crippen molar-refractivity contribution in [1.29, 1.82) is 0 Å². The molecule has 4 aromatic rings. The second kappa shape index (κ2) is 10.9. The summed E-state index contributed by atoms with van der Waals surface area (Å²) in [6, 6.07) is 24.9. The number of rotatable bonds is 10. The third-order valence-corrected chi connectivity index (χ3v) is 7.64. The van der Waals surface area contributed by atoms with Crippen LogP contribution in [0.25, 0.3) is 20.5 Å². The van der Waals surface area contributed by atoms with Gasteiger partial charge in [0.05, 0.1) is 0 Å². The average Bonchev–Trinajstić information content (AvgIpc) is 3.52. The minimum Gasteiger partial charge on any atom is -0.492 e. The van der Waals surface area contributed by atoms with Gasteiger partial charge in [-0.2, -0.15) is 0 Å². The summed E-state index contributed by atoms with van der Waals surface area (Å²) < 4.78 is 12.7. The van der Waals surface area contributed by atoms with Crippen LogP contribution in [0.1, 0.15) is 24.0 Å². The van der Waals surface area contributed by atoms with Crippen LogP contribution in [0.3, 0.4) is 0 Å². The van der Waals surface area contributed by atoms with Gasteiger partial charge in [-0.05, 0) is 96.9 Å². The van der Waals surface area contributed by atoms with Crippen molar-refractivity contribution in [2.45, 2.75) is 19.3 Å². The van der Waals surface area contributed by atoms with Crippen LogP contribution in [0.5, 0.6) is 11.5 Å². The van der Waals surface area contributed by atoms with Gasteiger partial charge in [0.25, 0.3) is 5.91 Å². The normalized spacial score (nSPS) is 13.8. The van der Waals surface area contributed by atoms with E-state index in [-0.39, 0.29) is 6.61 Å². The molecule has 6 heteroatoms. The molecule has 3 aromatic carbocycles. The highest BCUT2D eigenvalue weighted by Crippen LogP contribution is 2.40. The van der Waals surface area contributed by atoms with Gasteiger partial charge >= 0.3 is 0 Å². The third-order valence-electron chi connectivity index (χ3n) is 6.38. The molecule has 0 atom stereocenters. The Morgan fingerprint density at radius 1 is 0.886 bits per heavy atom. The summed E-state index contributed by atoms with van der Waals surface area (Å²) in [4.78, 5) is 14.7. The second-order valence-electron chi connectivity index (χ2n) is 8.90. The van der Waals surface area contributed by atoms with E-state index in [9.17, 15) is 4.79 Å². The van der Waals surface area contributed by atoms with E-state index in [0.717, 1.165) is 25.3 Å². The molecule has 180 valence electrons. The van der Waals surface area contributed by atoms with Gasteiger partial charge in [0, 0.05) is 16.1 Å². The van der Waals surface area contributed by atoms with Gasteiger partial charge in [-0.1, -0.05) is 30.3 Å². The van der Waals surface area contributed by atoms with Crippen molar-refractivity contribution in [3.05, 3.63) is 83.9 Å². The lowest BCUT2D eigenvalue weighted by molar-refractivity contribution is -0.119. The number of thiophene rings is 1. The number of carbonyl (C=O) groups is 1. The maximum atomic E-state index is 11.0. The zero-order chi connectivity index (χ0) is 24.0. The van der Waals surface area contributed by atoms with E-state index in [1.165, 1.54) is 57.6 Å². The zero-order valence-corrected chi connectivity index (χ0v) is 20.6. The fourth-order valence-corrected chi connectivity index (χ4v) is 5.80. The monoisotopic (exact) mass is 486 g/mol. The smallest absolute Gasteiger partial charge is 0.255 e. The predicted octanol–water partition coefficient (Wildman–Crippen LogP) is 5.50. The number of fused-ring (bicyclic) bond motifs is 1. The van der Waals surface area contributed by atoms with E-state index in [1.54, 1.807) is 0 Å². The Bertz CT molecular complexity index is 1280. The lowest BCUT2D eigenvalue weighted by Crippen LogP contribution is -2.25. The van der Waals surface area contributed by atoms with Crippen molar-refractivity contribution in [2.75, 3.05) is 32.8 Å². The van der Waals surface area contributed by atoms with Crippen molar-refractivity contribution in [3.63, 3.8) is 0 Å². The highest BCUT2D eigenvalue weighted by atomic mass is 32.1. The molecule has 2 heterocycles. The molecule has 0 bridgehead atoms. The number of nitrogens with two attached hydrogens (primary N) is 1. The zero-order valence-electron chi connectivity index (χ0n) is 19.7. The van der Waals surface area contributed by atoms with Crippen LogP contribution in [0.2, 0.25) is 0 Å². The summed E-state index contributed by atoms with van der Waals surface area (Å²) in [5.41, 5.74) is 8.88. The molecule has 1 saturated heterocycles. The molecule has 2 N–H and O–H groups in total. The molecular formula is C29H30N2O3S. The number of primary amides is 1. The third kappa shape index (κ3) is 5.84. The molecule has 1 aliphatic heterocycles. The predicted molar refractivity (Wildman–Crippen MR) is 142 cm³/mol. The van der Waals surface area contributed by atoms with Gasteiger partial charge in [0.2, 0.25) is 0 Å². The van der Waals surface area contributed by atoms with Gasteiger partial charge in [-0.25, -0.2) is 0 Å². The minimum absolute atomic E-state index is 0.114. The number of ether oxygens (including phenoxy) is 2. The molecule has 5 nitrogen and oxygen atoms in total. The summed E-state index contributed by atoms with van der Waals surface area (Å²) >= 11 is 1.83. The second-order valence-corrected chi connectivity index (χ2v) is 9.96. The number of carbonyl (C=O) groups excluding carboxylic acids is 1. The van der Waals surface area contributed by atoms with Crippen molar-refractivity contribution in [2.24, 2.45) is 5.73 Å². The fraction of sp³-hybridized carbons (Fsp3) is 0.276. The van der Waals surface area contributed by atoms with Crippen molar-refractivity contribution in [3.8, 4) is 21.9 Å². The van der Waals surface area contributed by atoms with Crippen molar-refractivity contribution >= 4 is 27.3 Å². The first-order valence-corrected chi connectivity index (χ1v) is 12.9. The van der Waals surface area contributed by atoms with E-state index < -0.39 is 5.91 Å². The Morgan fingerprint density at radius 3 is 2.31 bits per heavy atom. The SMILES string of the molecule is NC(=O)COc1ccc(Cc2c(-c3ccc(OCCN4CCCC4)cc3)sc3ccccc23)cc1. The number of amides is 1. The Hall–Kier alpha value is -3.35. The van der Waals surface area contributed by atoms with Gasteiger partial charge in [0.1, 0.15) is 18.1 Å². The van der Waals surface area contributed by atoms with E-state index in [0.29, 0.717) is 5.75 Å². The first kappa shape index (κ1) is 23.4. The van der Waals surface area contributed by atoms with Gasteiger partial charge < -0.3 is 15.2 Å². The molecule has 1 fully saturated rings. The van der Waals surface area contributed by atoms with E-state index >= 15 is 0 Å². The highest BCUT2D eigenvalue weighted by molar-refractivity contribution is 7.22. The summed E-state index contributed by atoms with van der Waals surface area (Å²) in [6.45, 7) is 4.00. The van der Waals surface area contributed by atoms with E-state index in [1.807, 2.05) is 35.6 Å². The molecule has 1 aromatic heterocycles. The molecule has 0 radical (unpaired) electrons. The minimum atomic E-state index is -0.480. The van der Waals surface area contributed by atoms with Crippen LogP contribution in [-0.4, -0.2) is 43.7 Å². The largest absolute Gasteiger partial charge is 0.492 e. The van der Waals surface area contributed by atoms with Crippen LogP contribution >= 0.6 is 11.3 Å². The van der Waals surface area contributed by atoms with E-state index in [2.05, 4.69) is 53.4 Å². The number of hydrogen-bond acceptors (Lipinski definition) is 5. The van der Waals surface area contributed by atoms with Crippen LogP contribution in [0, 0.1) is 0 Å². The molecule has 0 spiro atoms. The van der Waals surface area contributed by atoms with E-state index in [4.69, 9.17) is 15.2 Å². The molecular weight excluding hydrogens is 456 g/mol. The van der Waals surface area contributed by atoms with Gasteiger partial charge in [0.15, 0.2) is 6.61 Å².